The first-order valence-corrected chi connectivity index (χ1v) is 8.83. The molecule has 0 saturated heterocycles. The van der Waals surface area contributed by atoms with Gasteiger partial charge in [-0.25, -0.2) is 13.1 Å². The van der Waals surface area contributed by atoms with E-state index in [4.69, 9.17) is 0 Å². The lowest BCUT2D eigenvalue weighted by Crippen LogP contribution is -2.35. The third-order valence-electron chi connectivity index (χ3n) is 3.28. The average molecular weight is 332 g/mol. The third-order valence-corrected chi connectivity index (χ3v) is 4.75. The minimum atomic E-state index is -3.54. The summed E-state index contributed by atoms with van der Waals surface area (Å²) < 4.78 is 26.6. The Kier molecular flexibility index (Phi) is 5.90. The van der Waals surface area contributed by atoms with Crippen LogP contribution >= 0.6 is 0 Å². The summed E-state index contributed by atoms with van der Waals surface area (Å²) in [7, 11) is -3.54. The summed E-state index contributed by atoms with van der Waals surface area (Å²) in [5.41, 5.74) is 1.92. The topological polar surface area (TPSA) is 75.3 Å². The first-order chi connectivity index (χ1) is 11.0. The summed E-state index contributed by atoms with van der Waals surface area (Å²) in [6.07, 6.45) is 0.283. The van der Waals surface area contributed by atoms with Gasteiger partial charge in [-0.05, 0) is 24.6 Å². The second-order valence-corrected chi connectivity index (χ2v) is 6.99. The number of hydrogen-bond donors (Lipinski definition) is 2. The van der Waals surface area contributed by atoms with Crippen molar-refractivity contribution in [2.75, 3.05) is 13.1 Å². The Morgan fingerprint density at radius 2 is 1.61 bits per heavy atom. The largest absolute Gasteiger partial charge is 0.355 e. The van der Waals surface area contributed by atoms with Gasteiger partial charge in [-0.3, -0.25) is 4.79 Å². The van der Waals surface area contributed by atoms with Crippen molar-refractivity contribution in [3.63, 3.8) is 0 Å². The van der Waals surface area contributed by atoms with Gasteiger partial charge in [-0.1, -0.05) is 48.0 Å². The van der Waals surface area contributed by atoms with E-state index in [9.17, 15) is 13.2 Å². The van der Waals surface area contributed by atoms with Crippen LogP contribution in [0.15, 0.2) is 59.5 Å². The second-order valence-electron chi connectivity index (χ2n) is 5.22. The molecule has 0 saturated carbocycles. The van der Waals surface area contributed by atoms with Crippen LogP contribution in [-0.4, -0.2) is 27.4 Å². The summed E-state index contributed by atoms with van der Waals surface area (Å²) in [5.74, 6) is -0.134. The quantitative estimate of drug-likeness (QED) is 0.757. The number of amides is 1. The molecule has 0 aliphatic rings. The van der Waals surface area contributed by atoms with Crippen molar-refractivity contribution in [3.8, 4) is 0 Å². The average Bonchev–Trinajstić information content (AvgIpc) is 2.53. The normalized spacial score (nSPS) is 11.2. The first kappa shape index (κ1) is 17.2. The highest BCUT2D eigenvalue weighted by atomic mass is 32.2. The van der Waals surface area contributed by atoms with Crippen LogP contribution in [0.5, 0.6) is 0 Å². The molecule has 0 bridgehead atoms. The van der Waals surface area contributed by atoms with Crippen molar-refractivity contribution >= 4 is 15.9 Å². The number of carbonyl (C=O) groups is 1. The molecule has 0 heterocycles. The first-order valence-electron chi connectivity index (χ1n) is 7.34. The van der Waals surface area contributed by atoms with E-state index < -0.39 is 10.0 Å². The summed E-state index contributed by atoms with van der Waals surface area (Å²) in [6.45, 7) is 2.29. The maximum absolute atomic E-state index is 12.1. The van der Waals surface area contributed by atoms with Crippen LogP contribution in [0.2, 0.25) is 0 Å². The molecule has 0 aliphatic carbocycles. The molecule has 2 aromatic carbocycles. The number of carbonyl (C=O) groups excluding carboxylic acids is 1. The lowest BCUT2D eigenvalue weighted by Gasteiger charge is -2.08. The number of benzene rings is 2. The molecular weight excluding hydrogens is 312 g/mol. The molecule has 122 valence electrons. The van der Waals surface area contributed by atoms with Gasteiger partial charge in [0.15, 0.2) is 0 Å². The highest BCUT2D eigenvalue weighted by Gasteiger charge is 2.12. The minimum absolute atomic E-state index is 0.134. The molecule has 2 N–H and O–H groups in total. The molecule has 2 rings (SSSR count). The molecule has 0 spiro atoms. The predicted octanol–water partition coefficient (Wildman–Crippen LogP) is 1.63. The molecule has 0 fully saturated rings. The van der Waals surface area contributed by atoms with Crippen LogP contribution in [-0.2, 0) is 21.2 Å². The van der Waals surface area contributed by atoms with E-state index in [-0.39, 0.29) is 30.3 Å². The molecule has 1 amide bonds. The zero-order chi connectivity index (χ0) is 16.7. The maximum atomic E-state index is 12.1. The summed E-state index contributed by atoms with van der Waals surface area (Å²) >= 11 is 0. The Morgan fingerprint density at radius 3 is 2.26 bits per heavy atom. The fraction of sp³-hybridized carbons (Fsp3) is 0.235. The van der Waals surface area contributed by atoms with Gasteiger partial charge in [-0.2, -0.15) is 0 Å². The molecule has 0 atom stereocenters. The molecule has 0 unspecified atom stereocenters. The molecule has 5 nitrogen and oxygen atoms in total. The molecule has 0 aromatic heterocycles. The predicted molar refractivity (Wildman–Crippen MR) is 89.5 cm³/mol. The molecule has 23 heavy (non-hydrogen) atoms. The molecule has 2 aromatic rings. The number of hydrogen-bond acceptors (Lipinski definition) is 3. The van der Waals surface area contributed by atoms with Crippen LogP contribution in [0.25, 0.3) is 0 Å². The van der Waals surface area contributed by atoms with Crippen molar-refractivity contribution in [3.05, 3.63) is 65.7 Å². The maximum Gasteiger partial charge on any atom is 0.240 e. The van der Waals surface area contributed by atoms with Gasteiger partial charge in [0.1, 0.15) is 0 Å². The van der Waals surface area contributed by atoms with Crippen molar-refractivity contribution in [2.45, 2.75) is 18.2 Å². The number of rotatable bonds is 7. The van der Waals surface area contributed by atoms with Crippen LogP contribution in [0, 0.1) is 6.92 Å². The van der Waals surface area contributed by atoms with Gasteiger partial charge in [0.2, 0.25) is 15.9 Å². The standard InChI is InChI=1S/C17H20N2O3S/c1-14-7-9-16(10-8-14)23(21,22)19-12-11-18-17(20)13-15-5-3-2-4-6-15/h2-10,19H,11-13H2,1H3,(H,18,20). The van der Waals surface area contributed by atoms with E-state index in [0.29, 0.717) is 0 Å². The van der Waals surface area contributed by atoms with Gasteiger partial charge >= 0.3 is 0 Å². The van der Waals surface area contributed by atoms with Gasteiger partial charge < -0.3 is 5.32 Å². The van der Waals surface area contributed by atoms with Crippen LogP contribution in [0.4, 0.5) is 0 Å². The van der Waals surface area contributed by atoms with Crippen molar-refractivity contribution < 1.29 is 13.2 Å². The number of aryl methyl sites for hydroxylation is 1. The van der Waals surface area contributed by atoms with Crippen molar-refractivity contribution in [1.82, 2.24) is 10.0 Å². The molecule has 0 radical (unpaired) electrons. The SMILES string of the molecule is Cc1ccc(S(=O)(=O)NCCNC(=O)Cc2ccccc2)cc1. The molecular formula is C17H20N2O3S. The number of sulfonamides is 1. The van der Waals surface area contributed by atoms with E-state index in [2.05, 4.69) is 10.0 Å². The Hall–Kier alpha value is -2.18. The summed E-state index contributed by atoms with van der Waals surface area (Å²) in [6, 6.07) is 16.0. The fourth-order valence-electron chi connectivity index (χ4n) is 2.03. The van der Waals surface area contributed by atoms with Crippen LogP contribution in [0.3, 0.4) is 0 Å². The Bertz CT molecular complexity index is 741. The van der Waals surface area contributed by atoms with E-state index in [1.165, 1.54) is 0 Å². The smallest absolute Gasteiger partial charge is 0.240 e. The lowest BCUT2D eigenvalue weighted by molar-refractivity contribution is -0.120. The van der Waals surface area contributed by atoms with Gasteiger partial charge in [0.05, 0.1) is 11.3 Å². The van der Waals surface area contributed by atoms with Crippen LogP contribution in [0.1, 0.15) is 11.1 Å². The van der Waals surface area contributed by atoms with E-state index >= 15 is 0 Å². The zero-order valence-electron chi connectivity index (χ0n) is 13.0. The highest BCUT2D eigenvalue weighted by molar-refractivity contribution is 7.89. The van der Waals surface area contributed by atoms with Gasteiger partial charge in [0, 0.05) is 13.1 Å². The third kappa shape index (κ3) is 5.50. The highest BCUT2D eigenvalue weighted by Crippen LogP contribution is 2.09. The Balaban J connectivity index is 1.76. The second kappa shape index (κ2) is 7.89. The van der Waals surface area contributed by atoms with Crippen molar-refractivity contribution in [1.29, 1.82) is 0 Å². The lowest BCUT2D eigenvalue weighted by atomic mass is 10.1. The molecule has 0 aliphatic heterocycles. The summed E-state index contributed by atoms with van der Waals surface area (Å²) in [5, 5.41) is 2.70. The fourth-order valence-corrected chi connectivity index (χ4v) is 3.06. The van der Waals surface area contributed by atoms with Gasteiger partial charge in [-0.15, -0.1) is 0 Å². The van der Waals surface area contributed by atoms with Gasteiger partial charge in [0.25, 0.3) is 0 Å². The van der Waals surface area contributed by atoms with Crippen molar-refractivity contribution in [2.24, 2.45) is 0 Å². The van der Waals surface area contributed by atoms with E-state index in [1.807, 2.05) is 37.3 Å². The monoisotopic (exact) mass is 332 g/mol. The Labute approximate surface area is 136 Å². The van der Waals surface area contributed by atoms with E-state index in [0.717, 1.165) is 11.1 Å². The summed E-state index contributed by atoms with van der Waals surface area (Å²) in [4.78, 5) is 12.0. The van der Waals surface area contributed by atoms with Crippen LogP contribution < -0.4 is 10.0 Å². The number of nitrogens with one attached hydrogen (secondary N) is 2. The zero-order valence-corrected chi connectivity index (χ0v) is 13.8. The minimum Gasteiger partial charge on any atom is -0.355 e. The Morgan fingerprint density at radius 1 is 0.957 bits per heavy atom. The van der Waals surface area contributed by atoms with E-state index in [1.54, 1.807) is 24.3 Å². The molecule has 6 heteroatoms.